The monoisotopic (exact) mass is 389 g/mol. The van der Waals surface area contributed by atoms with Crippen molar-refractivity contribution >= 4 is 39.5 Å². The number of halogens is 1. The van der Waals surface area contributed by atoms with Gasteiger partial charge in [-0.2, -0.15) is 0 Å². The van der Waals surface area contributed by atoms with E-state index in [0.29, 0.717) is 15.6 Å². The van der Waals surface area contributed by atoms with Gasteiger partial charge in [0.2, 0.25) is 0 Å². The third-order valence-corrected chi connectivity index (χ3v) is 3.72. The van der Waals surface area contributed by atoms with Crippen molar-refractivity contribution in [3.63, 3.8) is 0 Å². The molecular weight excluding hydrogens is 378 g/mol. The van der Waals surface area contributed by atoms with E-state index in [9.17, 15) is 19.7 Å². The first-order chi connectivity index (χ1) is 11.4. The minimum absolute atomic E-state index is 0.135. The highest BCUT2D eigenvalue weighted by atomic mass is 79.9. The second kappa shape index (κ2) is 7.51. The maximum absolute atomic E-state index is 12.2. The van der Waals surface area contributed by atoms with Gasteiger partial charge in [0.05, 0.1) is 10.5 Å². The fraction of sp³-hybridized carbons (Fsp3) is 0. The summed E-state index contributed by atoms with van der Waals surface area (Å²) in [4.78, 5) is 34.1. The molecule has 2 aromatic carbocycles. The van der Waals surface area contributed by atoms with Gasteiger partial charge < -0.3 is 11.1 Å². The fourth-order valence-corrected chi connectivity index (χ4v) is 2.36. The molecule has 0 aromatic heterocycles. The average molecular weight is 390 g/mol. The lowest BCUT2D eigenvalue weighted by atomic mass is 10.1. The summed E-state index contributed by atoms with van der Waals surface area (Å²) in [5.41, 5.74) is 5.66. The first kappa shape index (κ1) is 17.4. The van der Waals surface area contributed by atoms with Crippen molar-refractivity contribution < 1.29 is 14.5 Å². The number of primary amides is 1. The molecule has 2 aromatic rings. The van der Waals surface area contributed by atoms with Gasteiger partial charge in [-0.25, -0.2) is 0 Å². The first-order valence-electron chi connectivity index (χ1n) is 6.70. The van der Waals surface area contributed by atoms with Crippen LogP contribution in [0.2, 0.25) is 0 Å². The van der Waals surface area contributed by atoms with Crippen LogP contribution < -0.4 is 11.1 Å². The van der Waals surface area contributed by atoms with Crippen molar-refractivity contribution in [2.45, 2.75) is 0 Å². The highest BCUT2D eigenvalue weighted by molar-refractivity contribution is 9.10. The average Bonchev–Trinajstić information content (AvgIpc) is 2.54. The quantitative estimate of drug-likeness (QED) is 0.464. The highest BCUT2D eigenvalue weighted by Gasteiger charge is 2.14. The Morgan fingerprint density at radius 1 is 1.17 bits per heavy atom. The molecule has 7 nitrogen and oxygen atoms in total. The second-order valence-corrected chi connectivity index (χ2v) is 5.56. The van der Waals surface area contributed by atoms with E-state index in [1.165, 1.54) is 24.3 Å². The van der Waals surface area contributed by atoms with Crippen molar-refractivity contribution in [2.75, 3.05) is 0 Å². The van der Waals surface area contributed by atoms with Gasteiger partial charge in [0.15, 0.2) is 0 Å². The number of benzene rings is 2. The normalized spacial score (nSPS) is 11.0. The van der Waals surface area contributed by atoms with E-state index in [1.807, 2.05) is 0 Å². The molecular formula is C16H12BrN3O4. The SMILES string of the molecule is NC(=O)C(=Cc1cccc([N+](=O)[O-])c1)NC(=O)c1ccccc1Br. The third kappa shape index (κ3) is 4.26. The number of hydrogen-bond donors (Lipinski definition) is 2. The van der Waals surface area contributed by atoms with E-state index in [4.69, 9.17) is 5.73 Å². The minimum atomic E-state index is -0.859. The maximum atomic E-state index is 12.2. The van der Waals surface area contributed by atoms with Gasteiger partial charge in [-0.05, 0) is 39.7 Å². The topological polar surface area (TPSA) is 115 Å². The number of nitro benzene ring substituents is 1. The van der Waals surface area contributed by atoms with Crippen LogP contribution in [0.25, 0.3) is 6.08 Å². The smallest absolute Gasteiger partial charge is 0.270 e. The number of carbonyl (C=O) groups excluding carboxylic acids is 2. The van der Waals surface area contributed by atoms with Gasteiger partial charge in [-0.1, -0.05) is 24.3 Å². The Balaban J connectivity index is 2.31. The van der Waals surface area contributed by atoms with Crippen molar-refractivity contribution in [2.24, 2.45) is 5.73 Å². The summed E-state index contributed by atoms with van der Waals surface area (Å²) in [6.45, 7) is 0. The summed E-state index contributed by atoms with van der Waals surface area (Å²) in [6.07, 6.45) is 1.28. The lowest BCUT2D eigenvalue weighted by Crippen LogP contribution is -2.31. The predicted molar refractivity (Wildman–Crippen MR) is 91.9 cm³/mol. The molecule has 0 bridgehead atoms. The van der Waals surface area contributed by atoms with E-state index in [1.54, 1.807) is 30.3 Å². The van der Waals surface area contributed by atoms with Gasteiger partial charge in [0.25, 0.3) is 17.5 Å². The Bertz CT molecular complexity index is 849. The summed E-state index contributed by atoms with van der Waals surface area (Å²) in [6, 6.07) is 12.3. The standard InChI is InChI=1S/C16H12BrN3O4/c17-13-7-2-1-6-12(13)16(22)19-14(15(18)21)9-10-4-3-5-11(8-10)20(23)24/h1-9H,(H2,18,21)(H,19,22). The zero-order valence-electron chi connectivity index (χ0n) is 12.2. The van der Waals surface area contributed by atoms with Gasteiger partial charge >= 0.3 is 0 Å². The molecule has 0 radical (unpaired) electrons. The summed E-state index contributed by atoms with van der Waals surface area (Å²) >= 11 is 3.24. The molecule has 0 aliphatic carbocycles. The molecule has 0 unspecified atom stereocenters. The molecule has 8 heteroatoms. The van der Waals surface area contributed by atoms with Crippen molar-refractivity contribution in [3.05, 3.63) is 79.9 Å². The van der Waals surface area contributed by atoms with Crippen molar-refractivity contribution in [1.82, 2.24) is 5.32 Å². The number of amides is 2. The van der Waals surface area contributed by atoms with E-state index < -0.39 is 16.7 Å². The molecule has 0 aliphatic heterocycles. The number of nitrogens with one attached hydrogen (secondary N) is 1. The Morgan fingerprint density at radius 3 is 2.50 bits per heavy atom. The summed E-state index contributed by atoms with van der Waals surface area (Å²) in [5, 5.41) is 13.2. The van der Waals surface area contributed by atoms with Crippen LogP contribution in [0, 0.1) is 10.1 Å². The molecule has 0 saturated carbocycles. The number of nitrogens with zero attached hydrogens (tertiary/aromatic N) is 1. The molecule has 122 valence electrons. The lowest BCUT2D eigenvalue weighted by Gasteiger charge is -2.08. The van der Waals surface area contributed by atoms with Gasteiger partial charge in [0, 0.05) is 16.6 Å². The summed E-state index contributed by atoms with van der Waals surface area (Å²) in [7, 11) is 0. The number of nitrogens with two attached hydrogens (primary N) is 1. The van der Waals surface area contributed by atoms with Crippen LogP contribution in [0.15, 0.2) is 58.7 Å². The molecule has 0 atom stereocenters. The Hall–Kier alpha value is -3.00. The third-order valence-electron chi connectivity index (χ3n) is 3.02. The molecule has 0 saturated heterocycles. The number of carbonyl (C=O) groups is 2. The largest absolute Gasteiger partial charge is 0.364 e. The van der Waals surface area contributed by atoms with Crippen LogP contribution in [0.4, 0.5) is 5.69 Å². The van der Waals surface area contributed by atoms with E-state index in [-0.39, 0.29) is 11.4 Å². The van der Waals surface area contributed by atoms with Gasteiger partial charge in [-0.15, -0.1) is 0 Å². The maximum Gasteiger partial charge on any atom is 0.270 e. The van der Waals surface area contributed by atoms with Gasteiger partial charge in [-0.3, -0.25) is 19.7 Å². The zero-order valence-corrected chi connectivity index (χ0v) is 13.8. The zero-order chi connectivity index (χ0) is 17.7. The first-order valence-corrected chi connectivity index (χ1v) is 7.49. The van der Waals surface area contributed by atoms with Crippen molar-refractivity contribution in [3.8, 4) is 0 Å². The van der Waals surface area contributed by atoms with Crippen LogP contribution in [-0.4, -0.2) is 16.7 Å². The number of rotatable bonds is 5. The number of nitro groups is 1. The van der Waals surface area contributed by atoms with E-state index in [0.717, 1.165) is 0 Å². The number of hydrogen-bond acceptors (Lipinski definition) is 4. The molecule has 24 heavy (non-hydrogen) atoms. The molecule has 0 aliphatic rings. The highest BCUT2D eigenvalue weighted by Crippen LogP contribution is 2.17. The minimum Gasteiger partial charge on any atom is -0.364 e. The van der Waals surface area contributed by atoms with Crippen LogP contribution in [0.3, 0.4) is 0 Å². The predicted octanol–water partition coefficient (Wildman–Crippen LogP) is 2.61. The van der Waals surface area contributed by atoms with Crippen molar-refractivity contribution in [1.29, 1.82) is 0 Å². The molecule has 2 amide bonds. The number of non-ortho nitro benzene ring substituents is 1. The molecule has 0 fully saturated rings. The van der Waals surface area contributed by atoms with Crippen LogP contribution in [0.1, 0.15) is 15.9 Å². The van der Waals surface area contributed by atoms with Crippen LogP contribution in [-0.2, 0) is 4.79 Å². The fourth-order valence-electron chi connectivity index (χ4n) is 1.90. The molecule has 2 rings (SSSR count). The van der Waals surface area contributed by atoms with Crippen LogP contribution >= 0.6 is 15.9 Å². The molecule has 3 N–H and O–H groups in total. The molecule has 0 spiro atoms. The lowest BCUT2D eigenvalue weighted by molar-refractivity contribution is -0.384. The summed E-state index contributed by atoms with van der Waals surface area (Å²) in [5.74, 6) is -1.39. The second-order valence-electron chi connectivity index (χ2n) is 4.71. The van der Waals surface area contributed by atoms with E-state index >= 15 is 0 Å². The molecule has 0 heterocycles. The van der Waals surface area contributed by atoms with Crippen LogP contribution in [0.5, 0.6) is 0 Å². The van der Waals surface area contributed by atoms with Gasteiger partial charge in [0.1, 0.15) is 5.70 Å². The summed E-state index contributed by atoms with van der Waals surface area (Å²) < 4.78 is 0.557. The Morgan fingerprint density at radius 2 is 1.88 bits per heavy atom. The van der Waals surface area contributed by atoms with E-state index in [2.05, 4.69) is 21.2 Å². The Labute approximate surface area is 145 Å². The Kier molecular flexibility index (Phi) is 5.43.